The molecule has 1 fully saturated rings. The van der Waals surface area contributed by atoms with Crippen LogP contribution in [0.5, 0.6) is 5.75 Å². The average molecular weight is 521 g/mol. The summed E-state index contributed by atoms with van der Waals surface area (Å²) in [6, 6.07) is 8.20. The largest absolute Gasteiger partial charge is 0.487 e. The molecule has 0 saturated carbocycles. The Morgan fingerprint density at radius 3 is 2.75 bits per heavy atom. The molecule has 2 unspecified atom stereocenters. The average Bonchev–Trinajstić information content (AvgIpc) is 2.95. The highest BCUT2D eigenvalue weighted by molar-refractivity contribution is 14.0. The van der Waals surface area contributed by atoms with E-state index in [0.29, 0.717) is 18.7 Å². The van der Waals surface area contributed by atoms with Crippen molar-refractivity contribution in [2.24, 2.45) is 10.9 Å². The van der Waals surface area contributed by atoms with Crippen LogP contribution in [-0.4, -0.2) is 44.6 Å². The van der Waals surface area contributed by atoms with Crippen molar-refractivity contribution in [2.75, 3.05) is 24.6 Å². The summed E-state index contributed by atoms with van der Waals surface area (Å²) in [7, 11) is -2.87. The lowest BCUT2D eigenvalue weighted by molar-refractivity contribution is 0.0694. The van der Waals surface area contributed by atoms with Crippen LogP contribution >= 0.6 is 24.0 Å². The summed E-state index contributed by atoms with van der Waals surface area (Å²) in [6.45, 7) is 7.66. The minimum Gasteiger partial charge on any atom is -0.487 e. The summed E-state index contributed by atoms with van der Waals surface area (Å²) >= 11 is 0. The Morgan fingerprint density at radius 1 is 1.32 bits per heavy atom. The summed E-state index contributed by atoms with van der Waals surface area (Å²) in [5.41, 5.74) is 0.868. The molecule has 0 aromatic heterocycles. The van der Waals surface area contributed by atoms with Gasteiger partial charge in [-0.15, -0.1) is 24.0 Å². The molecule has 1 aromatic carbocycles. The minimum atomic E-state index is -2.87. The van der Waals surface area contributed by atoms with Crippen LogP contribution in [0, 0.1) is 5.92 Å². The van der Waals surface area contributed by atoms with E-state index in [4.69, 9.17) is 9.73 Å². The number of fused-ring (bicyclic) bond motifs is 1. The lowest BCUT2D eigenvalue weighted by Crippen LogP contribution is -2.45. The normalized spacial score (nSPS) is 25.2. The van der Waals surface area contributed by atoms with Gasteiger partial charge in [0.1, 0.15) is 11.4 Å². The SMILES string of the molecule is CCCNC(=NCC1CCS(=O)(=O)C1)NC1CC(C)(C)Oc2ccccc21.I. The van der Waals surface area contributed by atoms with Crippen molar-refractivity contribution in [1.82, 2.24) is 10.6 Å². The second-order valence-corrected chi connectivity index (χ2v) is 10.4. The van der Waals surface area contributed by atoms with Crippen molar-refractivity contribution in [1.29, 1.82) is 0 Å². The minimum absolute atomic E-state index is 0. The Bertz CT molecular complexity index is 796. The number of guanidine groups is 1. The van der Waals surface area contributed by atoms with Crippen LogP contribution in [-0.2, 0) is 9.84 Å². The second-order valence-electron chi connectivity index (χ2n) is 8.19. The van der Waals surface area contributed by atoms with Crippen molar-refractivity contribution in [3.63, 3.8) is 0 Å². The number of nitrogens with zero attached hydrogens (tertiary/aromatic N) is 1. The number of para-hydroxylation sites is 1. The van der Waals surface area contributed by atoms with E-state index in [1.54, 1.807) is 0 Å². The molecule has 8 heteroatoms. The summed E-state index contributed by atoms with van der Waals surface area (Å²) < 4.78 is 29.5. The highest BCUT2D eigenvalue weighted by Crippen LogP contribution is 2.39. The number of rotatable bonds is 5. The van der Waals surface area contributed by atoms with Gasteiger partial charge in [-0.2, -0.15) is 0 Å². The highest BCUT2D eigenvalue weighted by Gasteiger charge is 2.34. The van der Waals surface area contributed by atoms with Crippen LogP contribution in [0.2, 0.25) is 0 Å². The summed E-state index contributed by atoms with van der Waals surface area (Å²) in [6.07, 6.45) is 2.53. The quantitative estimate of drug-likeness (QED) is 0.353. The number of ether oxygens (including phenoxy) is 1. The molecule has 28 heavy (non-hydrogen) atoms. The summed E-state index contributed by atoms with van der Waals surface area (Å²) in [4.78, 5) is 4.71. The lowest BCUT2D eigenvalue weighted by atomic mass is 9.90. The standard InChI is InChI=1S/C20H31N3O3S.HI/c1-4-10-21-19(22-13-15-9-11-27(24,25)14-15)23-17-12-20(2,3)26-18-8-6-5-7-16(17)18;/h5-8,15,17H,4,9-14H2,1-3H3,(H2,21,22,23);1H. The van der Waals surface area contributed by atoms with E-state index in [9.17, 15) is 8.42 Å². The Balaban J connectivity index is 0.00000280. The van der Waals surface area contributed by atoms with E-state index in [2.05, 4.69) is 37.5 Å². The molecule has 158 valence electrons. The first-order chi connectivity index (χ1) is 12.8. The predicted molar refractivity (Wildman–Crippen MR) is 124 cm³/mol. The Morgan fingerprint density at radius 2 is 2.07 bits per heavy atom. The molecular weight excluding hydrogens is 489 g/mol. The molecule has 1 saturated heterocycles. The zero-order valence-corrected chi connectivity index (χ0v) is 20.0. The lowest BCUT2D eigenvalue weighted by Gasteiger charge is -2.38. The van der Waals surface area contributed by atoms with E-state index >= 15 is 0 Å². The fourth-order valence-corrected chi connectivity index (χ4v) is 5.58. The number of hydrogen-bond donors (Lipinski definition) is 2. The Labute approximate surface area is 185 Å². The molecule has 0 amide bonds. The summed E-state index contributed by atoms with van der Waals surface area (Å²) in [5.74, 6) is 2.32. The van der Waals surface area contributed by atoms with E-state index in [-0.39, 0.29) is 47.3 Å². The van der Waals surface area contributed by atoms with Gasteiger partial charge in [-0.1, -0.05) is 25.1 Å². The van der Waals surface area contributed by atoms with E-state index in [0.717, 1.165) is 36.7 Å². The van der Waals surface area contributed by atoms with Crippen LogP contribution in [0.15, 0.2) is 29.3 Å². The molecule has 2 heterocycles. The molecule has 2 aliphatic heterocycles. The maximum absolute atomic E-state index is 11.7. The van der Waals surface area contributed by atoms with E-state index in [1.165, 1.54) is 0 Å². The molecule has 3 rings (SSSR count). The molecule has 0 radical (unpaired) electrons. The van der Waals surface area contributed by atoms with Crippen LogP contribution in [0.4, 0.5) is 0 Å². The van der Waals surface area contributed by atoms with Crippen LogP contribution < -0.4 is 15.4 Å². The van der Waals surface area contributed by atoms with E-state index < -0.39 is 9.84 Å². The molecule has 2 aliphatic rings. The van der Waals surface area contributed by atoms with Crippen molar-refractivity contribution in [3.8, 4) is 5.75 Å². The molecule has 2 N–H and O–H groups in total. The third-order valence-electron chi connectivity index (χ3n) is 5.06. The van der Waals surface area contributed by atoms with E-state index in [1.807, 2.05) is 18.2 Å². The van der Waals surface area contributed by atoms with Gasteiger partial charge in [-0.25, -0.2) is 8.42 Å². The third kappa shape index (κ3) is 6.23. The van der Waals surface area contributed by atoms with Crippen LogP contribution in [0.25, 0.3) is 0 Å². The maximum Gasteiger partial charge on any atom is 0.191 e. The smallest absolute Gasteiger partial charge is 0.191 e. The predicted octanol–water partition coefficient (Wildman–Crippen LogP) is 3.29. The van der Waals surface area contributed by atoms with Gasteiger partial charge in [0.2, 0.25) is 0 Å². The molecule has 2 atom stereocenters. The monoisotopic (exact) mass is 521 g/mol. The molecule has 6 nitrogen and oxygen atoms in total. The number of sulfone groups is 1. The molecule has 1 aromatic rings. The van der Waals surface area contributed by atoms with Gasteiger partial charge in [0.25, 0.3) is 0 Å². The summed E-state index contributed by atoms with van der Waals surface area (Å²) in [5, 5.41) is 6.92. The molecule has 0 aliphatic carbocycles. The number of nitrogens with one attached hydrogen (secondary N) is 2. The first-order valence-corrected chi connectivity index (χ1v) is 11.6. The number of benzene rings is 1. The Kier molecular flexibility index (Phi) is 8.01. The second kappa shape index (κ2) is 9.65. The van der Waals surface area contributed by atoms with Gasteiger partial charge < -0.3 is 15.4 Å². The number of halogens is 1. The molecular formula is C20H32IN3O3S. The first-order valence-electron chi connectivity index (χ1n) is 9.81. The van der Waals surface area contributed by atoms with Crippen LogP contribution in [0.1, 0.15) is 51.6 Å². The third-order valence-corrected chi connectivity index (χ3v) is 6.90. The van der Waals surface area contributed by atoms with Gasteiger partial charge in [0.05, 0.1) is 17.5 Å². The fraction of sp³-hybridized carbons (Fsp3) is 0.650. The number of aliphatic imine (C=N–C) groups is 1. The topological polar surface area (TPSA) is 79.8 Å². The van der Waals surface area contributed by atoms with Crippen LogP contribution in [0.3, 0.4) is 0 Å². The number of hydrogen-bond acceptors (Lipinski definition) is 4. The Hall–Kier alpha value is -1.03. The van der Waals surface area contributed by atoms with Gasteiger partial charge in [0.15, 0.2) is 15.8 Å². The maximum atomic E-state index is 11.7. The van der Waals surface area contributed by atoms with Crippen molar-refractivity contribution >= 4 is 39.8 Å². The first kappa shape index (κ1) is 23.3. The zero-order chi connectivity index (χ0) is 19.5. The van der Waals surface area contributed by atoms with Gasteiger partial charge in [-0.05, 0) is 38.7 Å². The molecule has 0 bridgehead atoms. The van der Waals surface area contributed by atoms with Gasteiger partial charge in [-0.3, -0.25) is 4.99 Å². The van der Waals surface area contributed by atoms with Crippen molar-refractivity contribution in [3.05, 3.63) is 29.8 Å². The molecule has 0 spiro atoms. The fourth-order valence-electron chi connectivity index (χ4n) is 3.73. The van der Waals surface area contributed by atoms with Gasteiger partial charge >= 0.3 is 0 Å². The van der Waals surface area contributed by atoms with Crippen molar-refractivity contribution < 1.29 is 13.2 Å². The highest BCUT2D eigenvalue weighted by atomic mass is 127. The zero-order valence-electron chi connectivity index (χ0n) is 16.9. The van der Waals surface area contributed by atoms with Crippen molar-refractivity contribution in [2.45, 2.75) is 51.7 Å². The van der Waals surface area contributed by atoms with Gasteiger partial charge in [0, 0.05) is 25.1 Å².